The maximum absolute atomic E-state index is 9.99. The predicted octanol–water partition coefficient (Wildman–Crippen LogP) is 1.42. The number of benzene rings is 1. The van der Waals surface area contributed by atoms with E-state index in [0.29, 0.717) is 43.9 Å². The van der Waals surface area contributed by atoms with Crippen molar-refractivity contribution in [2.24, 2.45) is 5.92 Å². The van der Waals surface area contributed by atoms with Crippen molar-refractivity contribution in [1.82, 2.24) is 15.3 Å². The van der Waals surface area contributed by atoms with Gasteiger partial charge in [0.05, 0.1) is 32.5 Å². The van der Waals surface area contributed by atoms with Crippen LogP contribution in [-0.4, -0.2) is 93.2 Å². The minimum atomic E-state index is -0.583. The number of hydrogen-bond acceptors (Lipinski definition) is 10. The molecule has 2 unspecified atom stereocenters. The number of likely N-dealkylation sites (N-methyl/N-ethyl adjacent to an activating group) is 1. The van der Waals surface area contributed by atoms with Crippen LogP contribution in [0.1, 0.15) is 12.0 Å². The Kier molecular flexibility index (Phi) is 7.64. The third-order valence-electron chi connectivity index (χ3n) is 6.77. The Morgan fingerprint density at radius 1 is 1.20 bits per heavy atom. The van der Waals surface area contributed by atoms with Crippen LogP contribution in [0, 0.1) is 12.8 Å². The number of rotatable bonds is 9. The summed E-state index contributed by atoms with van der Waals surface area (Å²) in [6.45, 7) is 7.00. The molecular formula is C25H35N5O5. The molecule has 0 spiro atoms. The quantitative estimate of drug-likeness (QED) is 0.482. The number of hydrogen-bond donors (Lipinski definition) is 3. The summed E-state index contributed by atoms with van der Waals surface area (Å²) in [5.74, 6) is 3.34. The van der Waals surface area contributed by atoms with Gasteiger partial charge in [0.1, 0.15) is 30.1 Å². The number of anilines is 2. The number of nitrogens with one attached hydrogen (secondary N) is 2. The van der Waals surface area contributed by atoms with Gasteiger partial charge in [-0.1, -0.05) is 12.1 Å². The van der Waals surface area contributed by atoms with Crippen molar-refractivity contribution < 1.29 is 24.1 Å². The minimum Gasteiger partial charge on any atom is -0.491 e. The van der Waals surface area contributed by atoms with E-state index < -0.39 is 6.10 Å². The summed E-state index contributed by atoms with van der Waals surface area (Å²) in [6.07, 6.45) is 0.272. The number of morpholine rings is 1. The van der Waals surface area contributed by atoms with Crippen LogP contribution >= 0.6 is 0 Å². The Hall–Kier alpha value is -2.50. The van der Waals surface area contributed by atoms with Gasteiger partial charge in [-0.15, -0.1) is 0 Å². The molecule has 2 aromatic rings. The number of ether oxygens (including phenoxy) is 4. The van der Waals surface area contributed by atoms with Gasteiger partial charge >= 0.3 is 0 Å². The summed E-state index contributed by atoms with van der Waals surface area (Å²) in [6, 6.07) is 7.84. The number of aliphatic hydroxyl groups is 1. The van der Waals surface area contributed by atoms with E-state index >= 15 is 0 Å². The normalized spacial score (nSPS) is 24.9. The second-order valence-corrected chi connectivity index (χ2v) is 9.27. The van der Waals surface area contributed by atoms with E-state index in [1.54, 1.807) is 7.05 Å². The number of fused-ring (bicyclic) bond motifs is 1. The summed E-state index contributed by atoms with van der Waals surface area (Å²) in [5, 5.41) is 16.6. The van der Waals surface area contributed by atoms with Crippen LogP contribution in [0.2, 0.25) is 0 Å². The molecule has 3 N–H and O–H groups in total. The maximum atomic E-state index is 9.99. The van der Waals surface area contributed by atoms with Gasteiger partial charge in [-0.2, -0.15) is 0 Å². The van der Waals surface area contributed by atoms with E-state index in [9.17, 15) is 5.11 Å². The van der Waals surface area contributed by atoms with Crippen molar-refractivity contribution >= 4 is 11.6 Å². The zero-order valence-electron chi connectivity index (χ0n) is 20.4. The minimum absolute atomic E-state index is 0.125. The van der Waals surface area contributed by atoms with Crippen LogP contribution in [-0.2, 0) is 14.2 Å². The Morgan fingerprint density at radius 2 is 2.06 bits per heavy atom. The average Bonchev–Trinajstić information content (AvgIpc) is 3.50. The fourth-order valence-corrected chi connectivity index (χ4v) is 4.86. The zero-order valence-corrected chi connectivity index (χ0v) is 20.4. The molecule has 0 saturated carbocycles. The molecule has 3 fully saturated rings. The van der Waals surface area contributed by atoms with E-state index in [0.717, 1.165) is 48.9 Å². The number of aromatic nitrogens is 2. The van der Waals surface area contributed by atoms with Crippen LogP contribution in [0.25, 0.3) is 11.4 Å². The van der Waals surface area contributed by atoms with Crippen LogP contribution in [0.5, 0.6) is 5.75 Å². The lowest BCUT2D eigenvalue weighted by Gasteiger charge is -2.30. The van der Waals surface area contributed by atoms with Crippen LogP contribution in [0.15, 0.2) is 24.3 Å². The third kappa shape index (κ3) is 5.52. The summed E-state index contributed by atoms with van der Waals surface area (Å²) in [7, 11) is 1.80. The van der Waals surface area contributed by atoms with Crippen molar-refractivity contribution in [3.63, 3.8) is 0 Å². The van der Waals surface area contributed by atoms with E-state index in [4.69, 9.17) is 28.9 Å². The highest BCUT2D eigenvalue weighted by Crippen LogP contribution is 2.35. The summed E-state index contributed by atoms with van der Waals surface area (Å²) >= 11 is 0. The van der Waals surface area contributed by atoms with E-state index in [1.807, 2.05) is 24.3 Å². The van der Waals surface area contributed by atoms with Crippen molar-refractivity contribution in [1.29, 1.82) is 0 Å². The monoisotopic (exact) mass is 485 g/mol. The molecular weight excluding hydrogens is 450 g/mol. The van der Waals surface area contributed by atoms with Gasteiger partial charge in [0.2, 0.25) is 0 Å². The number of aliphatic hydroxyl groups excluding tert-OH is 1. The molecule has 1 aromatic carbocycles. The Bertz CT molecular complexity index is 1000. The summed E-state index contributed by atoms with van der Waals surface area (Å²) < 4.78 is 22.9. The van der Waals surface area contributed by atoms with Crippen LogP contribution in [0.4, 0.5) is 11.6 Å². The van der Waals surface area contributed by atoms with E-state index in [-0.39, 0.29) is 18.9 Å². The van der Waals surface area contributed by atoms with Crippen molar-refractivity contribution in [2.75, 3.05) is 69.9 Å². The van der Waals surface area contributed by atoms with Crippen LogP contribution < -0.4 is 20.3 Å². The standard InChI is InChI=1S/C25H35N5O5/c1-16-22(27-21-15-35-25-20(21)6-9-33-25)28-23(29-24(16)30-7-10-32-11-8-30)17-4-3-5-19(12-17)34-14-18(31)13-26-2/h3-5,12,18,20-21,25-26,31H,6-11,13-15H2,1-2H3,(H,27,28,29)/t18?,20?,21-,25+/m0/s1. The van der Waals surface area contributed by atoms with Gasteiger partial charge in [-0.3, -0.25) is 0 Å². The highest BCUT2D eigenvalue weighted by Gasteiger charge is 2.42. The highest BCUT2D eigenvalue weighted by atomic mass is 16.7. The molecule has 3 aliphatic rings. The second-order valence-electron chi connectivity index (χ2n) is 9.27. The van der Waals surface area contributed by atoms with Gasteiger partial charge in [-0.05, 0) is 32.5 Å². The largest absolute Gasteiger partial charge is 0.491 e. The molecule has 0 bridgehead atoms. The van der Waals surface area contributed by atoms with Gasteiger partial charge < -0.3 is 39.6 Å². The third-order valence-corrected chi connectivity index (χ3v) is 6.77. The molecule has 3 aliphatic heterocycles. The smallest absolute Gasteiger partial charge is 0.164 e. The SMILES string of the molecule is CNCC(O)COc1cccc(-c2nc(N[C@H]3CO[C@H]4OCCC43)c(C)c(N3CCOCC3)n2)c1. The molecule has 10 nitrogen and oxygen atoms in total. The summed E-state index contributed by atoms with van der Waals surface area (Å²) in [5.41, 5.74) is 1.87. The first-order chi connectivity index (χ1) is 17.1. The zero-order chi connectivity index (χ0) is 24.2. The molecule has 4 heterocycles. The first-order valence-corrected chi connectivity index (χ1v) is 12.4. The fourth-order valence-electron chi connectivity index (χ4n) is 4.86. The fraction of sp³-hybridized carbons (Fsp3) is 0.600. The van der Waals surface area contributed by atoms with E-state index in [1.165, 1.54) is 0 Å². The highest BCUT2D eigenvalue weighted by molar-refractivity contribution is 5.67. The molecule has 190 valence electrons. The Morgan fingerprint density at radius 3 is 2.89 bits per heavy atom. The second kappa shape index (κ2) is 11.0. The molecule has 0 radical (unpaired) electrons. The topological polar surface area (TPSA) is 110 Å². The average molecular weight is 486 g/mol. The van der Waals surface area contributed by atoms with Gasteiger partial charge in [0.25, 0.3) is 0 Å². The lowest BCUT2D eigenvalue weighted by Crippen LogP contribution is -2.37. The molecule has 3 saturated heterocycles. The lowest BCUT2D eigenvalue weighted by atomic mass is 10.0. The first kappa shape index (κ1) is 24.2. The molecule has 0 aliphatic carbocycles. The van der Waals surface area contributed by atoms with Crippen molar-refractivity contribution in [3.8, 4) is 17.1 Å². The molecule has 0 amide bonds. The molecule has 10 heteroatoms. The van der Waals surface area contributed by atoms with Crippen molar-refractivity contribution in [3.05, 3.63) is 29.8 Å². The molecule has 1 aromatic heterocycles. The lowest BCUT2D eigenvalue weighted by molar-refractivity contribution is -0.0904. The van der Waals surface area contributed by atoms with Gasteiger partial charge in [-0.25, -0.2) is 9.97 Å². The van der Waals surface area contributed by atoms with Gasteiger partial charge in [0, 0.05) is 36.7 Å². The molecule has 35 heavy (non-hydrogen) atoms. The number of nitrogens with zero attached hydrogens (tertiary/aromatic N) is 3. The first-order valence-electron chi connectivity index (χ1n) is 12.4. The Balaban J connectivity index is 1.43. The Labute approximate surface area is 205 Å². The van der Waals surface area contributed by atoms with E-state index in [2.05, 4.69) is 22.5 Å². The summed E-state index contributed by atoms with van der Waals surface area (Å²) in [4.78, 5) is 12.2. The molecule has 5 rings (SSSR count). The maximum Gasteiger partial charge on any atom is 0.164 e. The van der Waals surface area contributed by atoms with Crippen LogP contribution in [0.3, 0.4) is 0 Å². The van der Waals surface area contributed by atoms with Gasteiger partial charge in [0.15, 0.2) is 12.1 Å². The van der Waals surface area contributed by atoms with Crippen molar-refractivity contribution in [2.45, 2.75) is 31.8 Å². The molecule has 4 atom stereocenters. The predicted molar refractivity (Wildman–Crippen MR) is 132 cm³/mol.